The van der Waals surface area contributed by atoms with Crippen LogP contribution in [-0.4, -0.2) is 35.9 Å². The van der Waals surface area contributed by atoms with Gasteiger partial charge in [-0.3, -0.25) is 9.78 Å². The zero-order chi connectivity index (χ0) is 19.2. The summed E-state index contributed by atoms with van der Waals surface area (Å²) in [5.41, 5.74) is -2.34. The van der Waals surface area contributed by atoms with Crippen molar-refractivity contribution in [2.45, 2.75) is 19.3 Å². The van der Waals surface area contributed by atoms with E-state index in [1.54, 1.807) is 13.8 Å². The van der Waals surface area contributed by atoms with Gasteiger partial charge in [0, 0.05) is 18.0 Å². The Hall–Kier alpha value is -3.09. The van der Waals surface area contributed by atoms with Crippen molar-refractivity contribution in [2.75, 3.05) is 13.2 Å². The van der Waals surface area contributed by atoms with Gasteiger partial charge in [-0.05, 0) is 43.7 Å². The number of hydrogen-bond donors (Lipinski definition) is 0. The Morgan fingerprint density at radius 2 is 1.42 bits per heavy atom. The van der Waals surface area contributed by atoms with Crippen molar-refractivity contribution < 1.29 is 28.2 Å². The van der Waals surface area contributed by atoms with E-state index in [9.17, 15) is 18.8 Å². The van der Waals surface area contributed by atoms with E-state index in [4.69, 9.17) is 9.47 Å². The number of benzene rings is 1. The SMILES string of the molecule is CCOC(=O)C(C(=O)OCC)(C(=O)c1ccncc1)c1ccc(F)cc1. The third-order valence-electron chi connectivity index (χ3n) is 3.72. The fourth-order valence-electron chi connectivity index (χ4n) is 2.53. The van der Waals surface area contributed by atoms with Crippen LogP contribution in [0.2, 0.25) is 0 Å². The first-order valence-corrected chi connectivity index (χ1v) is 8.03. The molecule has 7 heteroatoms. The number of rotatable bonds is 7. The largest absolute Gasteiger partial charge is 0.465 e. The first-order valence-electron chi connectivity index (χ1n) is 8.03. The standard InChI is InChI=1S/C19H18FNO5/c1-3-25-17(23)19(18(24)26-4-2,14-5-7-15(20)8-6-14)16(22)13-9-11-21-12-10-13/h5-12H,3-4H2,1-2H3. The molecule has 0 aliphatic carbocycles. The molecule has 1 aromatic carbocycles. The van der Waals surface area contributed by atoms with E-state index in [0.717, 1.165) is 12.1 Å². The first kappa shape index (κ1) is 19.2. The quantitative estimate of drug-likeness (QED) is 0.429. The minimum atomic E-state index is -2.39. The maximum atomic E-state index is 13.4. The lowest BCUT2D eigenvalue weighted by molar-refractivity contribution is -0.161. The van der Waals surface area contributed by atoms with Crippen LogP contribution >= 0.6 is 0 Å². The summed E-state index contributed by atoms with van der Waals surface area (Å²) in [5, 5.41) is 0. The molecule has 0 atom stereocenters. The average Bonchev–Trinajstić information content (AvgIpc) is 2.65. The van der Waals surface area contributed by atoms with Crippen LogP contribution in [0.5, 0.6) is 0 Å². The van der Waals surface area contributed by atoms with Crippen LogP contribution in [0.1, 0.15) is 29.8 Å². The van der Waals surface area contributed by atoms with Crippen LogP contribution in [0.3, 0.4) is 0 Å². The average molecular weight is 359 g/mol. The van der Waals surface area contributed by atoms with Crippen LogP contribution in [0.25, 0.3) is 0 Å². The van der Waals surface area contributed by atoms with Gasteiger partial charge >= 0.3 is 11.9 Å². The Balaban J connectivity index is 2.74. The fourth-order valence-corrected chi connectivity index (χ4v) is 2.53. The summed E-state index contributed by atoms with van der Waals surface area (Å²) < 4.78 is 23.4. The summed E-state index contributed by atoms with van der Waals surface area (Å²) in [6.45, 7) is 3.00. The molecule has 136 valence electrons. The van der Waals surface area contributed by atoms with Gasteiger partial charge in [0.15, 0.2) is 5.78 Å². The van der Waals surface area contributed by atoms with E-state index in [1.165, 1.54) is 36.7 Å². The lowest BCUT2D eigenvalue weighted by Crippen LogP contribution is -2.52. The predicted octanol–water partition coefficient (Wildman–Crippen LogP) is 2.47. The molecule has 0 spiro atoms. The molecule has 0 aliphatic heterocycles. The number of aromatic nitrogens is 1. The van der Waals surface area contributed by atoms with E-state index in [2.05, 4.69) is 4.98 Å². The minimum Gasteiger partial charge on any atom is -0.465 e. The lowest BCUT2D eigenvalue weighted by Gasteiger charge is -2.28. The molecule has 0 unspecified atom stereocenters. The van der Waals surface area contributed by atoms with Crippen molar-refractivity contribution in [3.8, 4) is 0 Å². The Morgan fingerprint density at radius 1 is 0.923 bits per heavy atom. The van der Waals surface area contributed by atoms with Crippen LogP contribution in [0, 0.1) is 5.82 Å². The molecule has 1 heterocycles. The van der Waals surface area contributed by atoms with Crippen molar-refractivity contribution in [2.24, 2.45) is 0 Å². The topological polar surface area (TPSA) is 82.6 Å². The van der Waals surface area contributed by atoms with E-state index in [0.29, 0.717) is 0 Å². The zero-order valence-corrected chi connectivity index (χ0v) is 14.4. The second kappa shape index (κ2) is 8.33. The van der Waals surface area contributed by atoms with Crippen LogP contribution in [0.15, 0.2) is 48.8 Å². The van der Waals surface area contributed by atoms with E-state index in [1.807, 2.05) is 0 Å². The fraction of sp³-hybridized carbons (Fsp3) is 0.263. The van der Waals surface area contributed by atoms with Crippen LogP contribution in [0.4, 0.5) is 4.39 Å². The van der Waals surface area contributed by atoms with E-state index in [-0.39, 0.29) is 24.3 Å². The molecule has 0 fully saturated rings. The molecule has 2 rings (SSSR count). The van der Waals surface area contributed by atoms with Gasteiger partial charge in [-0.2, -0.15) is 0 Å². The Bertz CT molecular complexity index is 771. The van der Waals surface area contributed by atoms with Gasteiger partial charge in [-0.1, -0.05) is 12.1 Å². The molecular weight excluding hydrogens is 341 g/mol. The number of esters is 2. The Morgan fingerprint density at radius 3 is 1.88 bits per heavy atom. The molecule has 0 saturated carbocycles. The van der Waals surface area contributed by atoms with Gasteiger partial charge in [0.1, 0.15) is 5.82 Å². The summed E-state index contributed by atoms with van der Waals surface area (Å²) in [6.07, 6.45) is 2.72. The van der Waals surface area contributed by atoms with E-state index < -0.39 is 29.0 Å². The van der Waals surface area contributed by atoms with Gasteiger partial charge in [-0.25, -0.2) is 14.0 Å². The zero-order valence-electron chi connectivity index (χ0n) is 14.4. The van der Waals surface area contributed by atoms with Crippen LogP contribution in [-0.2, 0) is 24.5 Å². The molecule has 0 N–H and O–H groups in total. The van der Waals surface area contributed by atoms with Crippen molar-refractivity contribution in [1.29, 1.82) is 0 Å². The Labute approximate surface area is 150 Å². The highest BCUT2D eigenvalue weighted by atomic mass is 19.1. The molecule has 0 amide bonds. The second-order valence-electron chi connectivity index (χ2n) is 5.26. The summed E-state index contributed by atoms with van der Waals surface area (Å²) in [5.74, 6) is -3.56. The number of carbonyl (C=O) groups excluding carboxylic acids is 3. The molecule has 26 heavy (non-hydrogen) atoms. The number of ketones is 1. The van der Waals surface area contributed by atoms with Crippen molar-refractivity contribution in [3.63, 3.8) is 0 Å². The second-order valence-corrected chi connectivity index (χ2v) is 5.26. The third-order valence-corrected chi connectivity index (χ3v) is 3.72. The van der Waals surface area contributed by atoms with Gasteiger partial charge in [0.25, 0.3) is 5.41 Å². The highest BCUT2D eigenvalue weighted by Crippen LogP contribution is 2.32. The molecule has 2 aromatic rings. The van der Waals surface area contributed by atoms with Crippen molar-refractivity contribution in [1.82, 2.24) is 4.98 Å². The number of carbonyl (C=O) groups is 3. The molecule has 0 saturated heterocycles. The number of Topliss-reactive ketones (excluding diaryl/α,β-unsaturated/α-hetero) is 1. The summed E-state index contributed by atoms with van der Waals surface area (Å²) >= 11 is 0. The maximum absolute atomic E-state index is 13.4. The highest BCUT2D eigenvalue weighted by molar-refractivity contribution is 6.30. The highest BCUT2D eigenvalue weighted by Gasteiger charge is 2.57. The smallest absolute Gasteiger partial charge is 0.336 e. The number of hydrogen-bond acceptors (Lipinski definition) is 6. The number of ether oxygens (including phenoxy) is 2. The number of halogens is 1. The molecule has 0 bridgehead atoms. The maximum Gasteiger partial charge on any atom is 0.336 e. The van der Waals surface area contributed by atoms with Gasteiger partial charge in [0.2, 0.25) is 0 Å². The van der Waals surface area contributed by atoms with Gasteiger partial charge < -0.3 is 9.47 Å². The minimum absolute atomic E-state index is 0.0300. The summed E-state index contributed by atoms with van der Waals surface area (Å²) in [6, 6.07) is 7.26. The van der Waals surface area contributed by atoms with Crippen molar-refractivity contribution >= 4 is 17.7 Å². The molecule has 0 aliphatic rings. The predicted molar refractivity (Wildman–Crippen MR) is 89.9 cm³/mol. The summed E-state index contributed by atoms with van der Waals surface area (Å²) in [4.78, 5) is 42.7. The Kier molecular flexibility index (Phi) is 6.16. The first-order chi connectivity index (χ1) is 12.5. The molecule has 1 aromatic heterocycles. The van der Waals surface area contributed by atoms with Gasteiger partial charge in [0.05, 0.1) is 13.2 Å². The number of pyridine rings is 1. The van der Waals surface area contributed by atoms with E-state index >= 15 is 0 Å². The molecule has 0 radical (unpaired) electrons. The molecular formula is C19H18FNO5. The normalized spacial score (nSPS) is 10.9. The number of nitrogens with zero attached hydrogens (tertiary/aromatic N) is 1. The van der Waals surface area contributed by atoms with Gasteiger partial charge in [-0.15, -0.1) is 0 Å². The monoisotopic (exact) mass is 359 g/mol. The third kappa shape index (κ3) is 3.46. The lowest BCUT2D eigenvalue weighted by atomic mass is 9.74. The molecule has 6 nitrogen and oxygen atoms in total. The van der Waals surface area contributed by atoms with Crippen molar-refractivity contribution in [3.05, 3.63) is 65.7 Å². The summed E-state index contributed by atoms with van der Waals surface area (Å²) in [7, 11) is 0. The van der Waals surface area contributed by atoms with Crippen LogP contribution < -0.4 is 0 Å².